The van der Waals surface area contributed by atoms with Crippen LogP contribution in [-0.4, -0.2) is 20.3 Å². The van der Waals surface area contributed by atoms with Gasteiger partial charge in [0.15, 0.2) is 0 Å². The smallest absolute Gasteiger partial charge is 0.0449 e. The molecule has 0 saturated heterocycles. The number of hydrogen-bond donors (Lipinski definition) is 0. The molecular formula is C4H9O2-. The molecule has 0 heterocycles. The van der Waals surface area contributed by atoms with Crippen molar-refractivity contribution in [2.75, 3.05) is 20.3 Å². The molecule has 0 aliphatic rings. The molecular weight excluding hydrogens is 80.0 g/mol. The van der Waals surface area contributed by atoms with Crippen LogP contribution in [0.3, 0.4) is 0 Å². The van der Waals surface area contributed by atoms with Crippen molar-refractivity contribution in [1.29, 1.82) is 0 Å². The maximum atomic E-state index is 9.61. The molecule has 38 valence electrons. The maximum Gasteiger partial charge on any atom is 0.0449 e. The Labute approximate surface area is 37.7 Å². The van der Waals surface area contributed by atoms with Crippen molar-refractivity contribution in [2.45, 2.75) is 6.42 Å². The highest BCUT2D eigenvalue weighted by molar-refractivity contribution is 4.24. The second-order valence-corrected chi connectivity index (χ2v) is 1.05. The fraction of sp³-hybridized carbons (Fsp3) is 1.00. The monoisotopic (exact) mass is 89.1 g/mol. The van der Waals surface area contributed by atoms with E-state index < -0.39 is 0 Å². The molecule has 0 radical (unpaired) electrons. The molecule has 0 atom stereocenters. The molecule has 0 bridgehead atoms. The second kappa shape index (κ2) is 4.92. The minimum absolute atomic E-state index is 0.0200. The lowest BCUT2D eigenvalue weighted by molar-refractivity contribution is -0.369. The highest BCUT2D eigenvalue weighted by atomic mass is 16.5. The summed E-state index contributed by atoms with van der Waals surface area (Å²) in [5.41, 5.74) is 0. The summed E-state index contributed by atoms with van der Waals surface area (Å²) in [7, 11) is 1.59. The normalized spacial score (nSPS) is 9.00. The van der Waals surface area contributed by atoms with Crippen LogP contribution in [0.15, 0.2) is 0 Å². The Balaban J connectivity index is 2.34. The fourth-order valence-electron chi connectivity index (χ4n) is 0.203. The van der Waals surface area contributed by atoms with Crippen LogP contribution in [0.25, 0.3) is 0 Å². The van der Waals surface area contributed by atoms with Crippen molar-refractivity contribution in [3.05, 3.63) is 0 Å². The van der Waals surface area contributed by atoms with E-state index in [0.717, 1.165) is 0 Å². The number of ether oxygens (including phenoxy) is 1. The third-order valence-electron chi connectivity index (χ3n) is 0.493. The van der Waals surface area contributed by atoms with Gasteiger partial charge < -0.3 is 9.84 Å². The first kappa shape index (κ1) is 5.92. The van der Waals surface area contributed by atoms with E-state index in [9.17, 15) is 5.11 Å². The summed E-state index contributed by atoms with van der Waals surface area (Å²) >= 11 is 0. The van der Waals surface area contributed by atoms with Crippen LogP contribution in [0, 0.1) is 0 Å². The van der Waals surface area contributed by atoms with Crippen LogP contribution >= 0.6 is 0 Å². The first-order valence-corrected chi connectivity index (χ1v) is 1.99. The molecule has 0 amide bonds. The zero-order valence-corrected chi connectivity index (χ0v) is 3.94. The highest BCUT2D eigenvalue weighted by Crippen LogP contribution is 1.70. The van der Waals surface area contributed by atoms with Gasteiger partial charge in [0, 0.05) is 13.7 Å². The van der Waals surface area contributed by atoms with E-state index in [-0.39, 0.29) is 6.61 Å². The molecule has 0 spiro atoms. The Morgan fingerprint density at radius 2 is 2.33 bits per heavy atom. The third-order valence-corrected chi connectivity index (χ3v) is 0.493. The van der Waals surface area contributed by atoms with Gasteiger partial charge in [-0.05, 0) is 6.42 Å². The summed E-state index contributed by atoms with van der Waals surface area (Å²) in [6, 6.07) is 0. The van der Waals surface area contributed by atoms with Crippen LogP contribution in [0.2, 0.25) is 0 Å². The maximum absolute atomic E-state index is 9.61. The first-order valence-electron chi connectivity index (χ1n) is 1.99. The van der Waals surface area contributed by atoms with Crippen LogP contribution in [0.4, 0.5) is 0 Å². The average molecular weight is 89.1 g/mol. The topological polar surface area (TPSA) is 32.3 Å². The summed E-state index contributed by atoms with van der Waals surface area (Å²) in [4.78, 5) is 0. The van der Waals surface area contributed by atoms with Crippen LogP contribution in [0.1, 0.15) is 6.42 Å². The van der Waals surface area contributed by atoms with E-state index in [1.807, 2.05) is 0 Å². The molecule has 0 aromatic rings. The standard InChI is InChI=1S/C4H9O2/c1-6-4-2-3-5/h2-4H2,1H3/q-1. The summed E-state index contributed by atoms with van der Waals surface area (Å²) < 4.78 is 4.58. The number of methoxy groups -OCH3 is 1. The van der Waals surface area contributed by atoms with Gasteiger partial charge in [0.05, 0.1) is 0 Å². The lowest BCUT2D eigenvalue weighted by Crippen LogP contribution is -2.07. The summed E-state index contributed by atoms with van der Waals surface area (Å²) in [6.45, 7) is 0.581. The van der Waals surface area contributed by atoms with E-state index >= 15 is 0 Å². The molecule has 0 unspecified atom stereocenters. The minimum Gasteiger partial charge on any atom is -0.854 e. The van der Waals surface area contributed by atoms with Crippen LogP contribution < -0.4 is 5.11 Å². The molecule has 6 heavy (non-hydrogen) atoms. The van der Waals surface area contributed by atoms with E-state index in [1.165, 1.54) is 0 Å². The van der Waals surface area contributed by atoms with E-state index in [2.05, 4.69) is 4.74 Å². The van der Waals surface area contributed by atoms with Gasteiger partial charge in [-0.15, -0.1) is 6.61 Å². The van der Waals surface area contributed by atoms with E-state index in [0.29, 0.717) is 13.0 Å². The molecule has 0 saturated carbocycles. The van der Waals surface area contributed by atoms with E-state index in [4.69, 9.17) is 0 Å². The minimum atomic E-state index is -0.0200. The molecule has 0 aliphatic heterocycles. The Morgan fingerprint density at radius 3 is 2.50 bits per heavy atom. The molecule has 0 aliphatic carbocycles. The van der Waals surface area contributed by atoms with Crippen molar-refractivity contribution >= 4 is 0 Å². The third kappa shape index (κ3) is 3.92. The first-order chi connectivity index (χ1) is 2.91. The predicted octanol–water partition coefficient (Wildman–Crippen LogP) is -0.617. The van der Waals surface area contributed by atoms with Crippen molar-refractivity contribution in [3.8, 4) is 0 Å². The molecule has 2 heteroatoms. The predicted molar refractivity (Wildman–Crippen MR) is 21.4 cm³/mol. The Morgan fingerprint density at radius 1 is 1.67 bits per heavy atom. The van der Waals surface area contributed by atoms with Crippen molar-refractivity contribution in [2.24, 2.45) is 0 Å². The molecule has 0 N–H and O–H groups in total. The van der Waals surface area contributed by atoms with Crippen molar-refractivity contribution in [1.82, 2.24) is 0 Å². The van der Waals surface area contributed by atoms with Crippen molar-refractivity contribution in [3.63, 3.8) is 0 Å². The van der Waals surface area contributed by atoms with E-state index in [1.54, 1.807) is 7.11 Å². The van der Waals surface area contributed by atoms with Gasteiger partial charge in [0.1, 0.15) is 0 Å². The van der Waals surface area contributed by atoms with Gasteiger partial charge in [-0.25, -0.2) is 0 Å². The largest absolute Gasteiger partial charge is 0.854 e. The summed E-state index contributed by atoms with van der Waals surface area (Å²) in [5, 5.41) is 9.61. The zero-order chi connectivity index (χ0) is 4.83. The van der Waals surface area contributed by atoms with Gasteiger partial charge >= 0.3 is 0 Å². The Bertz CT molecular complexity index is 17.5. The second-order valence-electron chi connectivity index (χ2n) is 1.05. The summed E-state index contributed by atoms with van der Waals surface area (Å²) in [6.07, 6.45) is 0.635. The Hall–Kier alpha value is -0.0800. The molecule has 0 aromatic carbocycles. The molecule has 0 fully saturated rings. The van der Waals surface area contributed by atoms with Gasteiger partial charge in [0.2, 0.25) is 0 Å². The molecule has 0 aromatic heterocycles. The quantitative estimate of drug-likeness (QED) is 0.432. The van der Waals surface area contributed by atoms with Crippen LogP contribution in [-0.2, 0) is 4.74 Å². The van der Waals surface area contributed by atoms with Gasteiger partial charge in [-0.1, -0.05) is 0 Å². The SMILES string of the molecule is COCCC[O-]. The molecule has 2 nitrogen and oxygen atoms in total. The highest BCUT2D eigenvalue weighted by Gasteiger charge is 1.69. The zero-order valence-electron chi connectivity index (χ0n) is 3.94. The van der Waals surface area contributed by atoms with Gasteiger partial charge in [-0.3, -0.25) is 0 Å². The number of hydrogen-bond acceptors (Lipinski definition) is 2. The van der Waals surface area contributed by atoms with Crippen molar-refractivity contribution < 1.29 is 9.84 Å². The number of rotatable bonds is 3. The molecule has 0 rings (SSSR count). The fourth-order valence-corrected chi connectivity index (χ4v) is 0.203. The van der Waals surface area contributed by atoms with Crippen LogP contribution in [0.5, 0.6) is 0 Å². The van der Waals surface area contributed by atoms with Gasteiger partial charge in [-0.2, -0.15) is 0 Å². The lowest BCUT2D eigenvalue weighted by Gasteiger charge is -1.98. The van der Waals surface area contributed by atoms with Gasteiger partial charge in [0.25, 0.3) is 0 Å². The summed E-state index contributed by atoms with van der Waals surface area (Å²) in [5.74, 6) is 0. The average Bonchev–Trinajstić information content (AvgIpc) is 1.61. The lowest BCUT2D eigenvalue weighted by atomic mass is 10.5. The Kier molecular flexibility index (Phi) is 4.85.